The zero-order valence-corrected chi connectivity index (χ0v) is 62.2. The van der Waals surface area contributed by atoms with Gasteiger partial charge in [0.05, 0.1) is 6.61 Å². The normalized spacial score (nSPS) is 12.9. The minimum Gasteiger partial charge on any atom is -0.462 e. The van der Waals surface area contributed by atoms with E-state index >= 15 is 0 Å². The molecule has 1 N–H and O–H groups in total. The molecule has 0 radical (unpaired) electrons. The van der Waals surface area contributed by atoms with E-state index in [0.29, 0.717) is 12.8 Å². The molecule has 1 atom stereocenters. The highest BCUT2D eigenvalue weighted by Gasteiger charge is 2.16. The SMILES string of the molecule is CC/C=C\C/C=C\C/C=C\C/C=C\C/C=C\C/C=C\C/C=C\C/C=C\C/C=C\C/C=C\CCCCCCCCCCC(=O)OC(CO)COC(=O)CCCCCCCCCCCCCCCCCCCCCCCCCCCCCCC/C=C\CCCCCCCCCC. The van der Waals surface area contributed by atoms with Gasteiger partial charge >= 0.3 is 11.9 Å². The molecule has 0 heterocycles. The van der Waals surface area contributed by atoms with E-state index in [2.05, 4.69) is 148 Å². The van der Waals surface area contributed by atoms with Crippen molar-refractivity contribution in [1.82, 2.24) is 0 Å². The summed E-state index contributed by atoms with van der Waals surface area (Å²) in [5.41, 5.74) is 0. The van der Waals surface area contributed by atoms with Gasteiger partial charge in [0.1, 0.15) is 6.61 Å². The number of allylic oxidation sites excluding steroid dienone is 22. The van der Waals surface area contributed by atoms with E-state index in [0.717, 1.165) is 109 Å². The van der Waals surface area contributed by atoms with E-state index in [1.807, 2.05) is 0 Å². The summed E-state index contributed by atoms with van der Waals surface area (Å²) in [6.07, 6.45) is 124. The maximum absolute atomic E-state index is 12.4. The molecule has 0 aromatic carbocycles. The number of rotatable bonds is 75. The third-order valence-corrected chi connectivity index (χ3v) is 17.9. The molecule has 94 heavy (non-hydrogen) atoms. The van der Waals surface area contributed by atoms with Crippen molar-refractivity contribution in [2.45, 2.75) is 405 Å². The molecule has 0 aliphatic carbocycles. The summed E-state index contributed by atoms with van der Waals surface area (Å²) in [7, 11) is 0. The van der Waals surface area contributed by atoms with Crippen LogP contribution in [-0.2, 0) is 19.1 Å². The van der Waals surface area contributed by atoms with Gasteiger partial charge in [-0.05, 0) is 116 Å². The third kappa shape index (κ3) is 80.5. The van der Waals surface area contributed by atoms with Crippen LogP contribution in [0.15, 0.2) is 134 Å². The molecule has 5 heteroatoms. The van der Waals surface area contributed by atoms with Crippen molar-refractivity contribution in [1.29, 1.82) is 0 Å². The summed E-state index contributed by atoms with van der Waals surface area (Å²) >= 11 is 0. The molecule has 1 unspecified atom stereocenters. The lowest BCUT2D eigenvalue weighted by molar-refractivity contribution is -0.161. The number of unbranched alkanes of at least 4 members (excludes halogenated alkanes) is 45. The molecule has 5 nitrogen and oxygen atoms in total. The van der Waals surface area contributed by atoms with E-state index in [1.54, 1.807) is 0 Å². The van der Waals surface area contributed by atoms with E-state index < -0.39 is 6.10 Å². The smallest absolute Gasteiger partial charge is 0.306 e. The van der Waals surface area contributed by atoms with Crippen LogP contribution in [0.1, 0.15) is 399 Å². The molecule has 0 amide bonds. The number of carbonyl (C=O) groups is 2. The maximum atomic E-state index is 12.4. The fraction of sp³-hybridized carbons (Fsp3) is 0.730. The summed E-state index contributed by atoms with van der Waals surface area (Å²) in [6.45, 7) is 4.06. The van der Waals surface area contributed by atoms with Gasteiger partial charge in [0.25, 0.3) is 0 Å². The Morgan fingerprint density at radius 2 is 0.457 bits per heavy atom. The Morgan fingerprint density at radius 1 is 0.255 bits per heavy atom. The van der Waals surface area contributed by atoms with Crippen molar-refractivity contribution in [3.05, 3.63) is 134 Å². The molecule has 0 saturated carbocycles. The molecule has 0 fully saturated rings. The van der Waals surface area contributed by atoms with E-state index in [-0.39, 0.29) is 25.2 Å². The van der Waals surface area contributed by atoms with Crippen molar-refractivity contribution >= 4 is 11.9 Å². The summed E-state index contributed by atoms with van der Waals surface area (Å²) < 4.78 is 10.8. The number of hydrogen-bond acceptors (Lipinski definition) is 5. The van der Waals surface area contributed by atoms with Gasteiger partial charge in [-0.2, -0.15) is 0 Å². The first-order valence-electron chi connectivity index (χ1n) is 40.7. The molecule has 0 aliphatic heterocycles. The van der Waals surface area contributed by atoms with Crippen molar-refractivity contribution < 1.29 is 24.2 Å². The van der Waals surface area contributed by atoms with Crippen LogP contribution in [0.25, 0.3) is 0 Å². The Balaban J connectivity index is 3.47. The summed E-state index contributed by atoms with van der Waals surface area (Å²) in [5.74, 6) is -0.591. The molecule has 540 valence electrons. The Labute approximate surface area is 585 Å². The van der Waals surface area contributed by atoms with Gasteiger partial charge in [0.15, 0.2) is 6.10 Å². The number of esters is 2. The van der Waals surface area contributed by atoms with Crippen LogP contribution in [0.2, 0.25) is 0 Å². The highest BCUT2D eigenvalue weighted by atomic mass is 16.6. The monoisotopic (exact) mass is 1300 g/mol. The molecule has 0 aliphatic rings. The Hall–Kier alpha value is -3.96. The van der Waals surface area contributed by atoms with Gasteiger partial charge in [-0.1, -0.05) is 404 Å². The van der Waals surface area contributed by atoms with Crippen molar-refractivity contribution in [2.75, 3.05) is 13.2 Å². The lowest BCUT2D eigenvalue weighted by atomic mass is 10.0. The lowest BCUT2D eigenvalue weighted by Crippen LogP contribution is -2.28. The maximum Gasteiger partial charge on any atom is 0.306 e. The molecule has 0 spiro atoms. The largest absolute Gasteiger partial charge is 0.462 e. The summed E-state index contributed by atoms with van der Waals surface area (Å²) in [4.78, 5) is 24.7. The Bertz CT molecular complexity index is 1870. The second kappa shape index (κ2) is 83.3. The fourth-order valence-electron chi connectivity index (χ4n) is 11.9. The molecule has 0 bridgehead atoms. The summed E-state index contributed by atoms with van der Waals surface area (Å²) in [5, 5.41) is 9.73. The van der Waals surface area contributed by atoms with Gasteiger partial charge in [-0.15, -0.1) is 0 Å². The van der Waals surface area contributed by atoms with E-state index in [4.69, 9.17) is 9.47 Å². The van der Waals surface area contributed by atoms with Gasteiger partial charge in [0.2, 0.25) is 0 Å². The van der Waals surface area contributed by atoms with E-state index in [9.17, 15) is 14.7 Å². The second-order valence-electron chi connectivity index (χ2n) is 27.1. The zero-order chi connectivity index (χ0) is 67.5. The van der Waals surface area contributed by atoms with Crippen molar-refractivity contribution in [3.8, 4) is 0 Å². The predicted octanol–water partition coefficient (Wildman–Crippen LogP) is 29.0. The van der Waals surface area contributed by atoms with Crippen molar-refractivity contribution in [2.24, 2.45) is 0 Å². The number of aliphatic hydroxyl groups is 1. The highest BCUT2D eigenvalue weighted by molar-refractivity contribution is 5.70. The Morgan fingerprint density at radius 3 is 0.702 bits per heavy atom. The molecular weight excluding hydrogens is 1150 g/mol. The van der Waals surface area contributed by atoms with Gasteiger partial charge < -0.3 is 14.6 Å². The van der Waals surface area contributed by atoms with Crippen molar-refractivity contribution in [3.63, 3.8) is 0 Å². The van der Waals surface area contributed by atoms with E-state index in [1.165, 1.54) is 263 Å². The molecule has 0 aromatic heterocycles. The minimum atomic E-state index is -0.786. The van der Waals surface area contributed by atoms with Crippen LogP contribution in [0.3, 0.4) is 0 Å². The van der Waals surface area contributed by atoms with Crippen LogP contribution in [0.4, 0.5) is 0 Å². The number of ether oxygens (including phenoxy) is 2. The molecule has 0 aromatic rings. The first-order chi connectivity index (χ1) is 46.6. The first kappa shape index (κ1) is 90.0. The van der Waals surface area contributed by atoms with Crippen LogP contribution in [0, 0.1) is 0 Å². The lowest BCUT2D eigenvalue weighted by Gasteiger charge is -2.15. The highest BCUT2D eigenvalue weighted by Crippen LogP contribution is 2.19. The quantitative estimate of drug-likeness (QED) is 0.0373. The Kier molecular flexibility index (Phi) is 79.8. The number of aliphatic hydroxyl groups excluding tert-OH is 1. The predicted molar refractivity (Wildman–Crippen MR) is 417 cm³/mol. The van der Waals surface area contributed by atoms with Gasteiger partial charge in [0, 0.05) is 12.8 Å². The van der Waals surface area contributed by atoms with Crippen LogP contribution in [0.5, 0.6) is 0 Å². The van der Waals surface area contributed by atoms with Gasteiger partial charge in [-0.25, -0.2) is 0 Å². The summed E-state index contributed by atoms with van der Waals surface area (Å²) in [6, 6.07) is 0. The molecule has 0 saturated heterocycles. The van der Waals surface area contributed by atoms with Crippen LogP contribution < -0.4 is 0 Å². The number of hydrogen-bond donors (Lipinski definition) is 1. The standard InChI is InChI=1S/C89H154O5/c1-3-5-7-9-11-13-15-17-19-21-23-25-27-29-31-33-35-37-39-41-43-44-46-47-49-51-53-55-57-59-61-63-65-67-69-71-73-75-77-79-81-83-88(91)93-86-87(85-90)94-89(92)84-82-80-78-76-74-72-70-68-66-64-62-60-58-56-54-52-50-48-45-42-40-38-36-34-32-30-28-26-24-22-20-18-16-14-12-10-8-6-4-2/h6,8,12,14,18,20-21,23-24,26,30,32,36,38,42,45,50,52,56,58,62,64,87,90H,3-5,7,9-11,13,15-17,19,22,25,27-29,31,33-35,37,39-41,43-44,46-49,51,53-55,57,59-61,63,65-86H2,1-2H3/b8-6-,14-12-,20-18-,23-21-,26-24-,32-30-,38-36-,45-42-,52-50-,58-56-,64-62-. The molecular formula is C89H154O5. The number of carbonyl (C=O) groups excluding carboxylic acids is 2. The zero-order valence-electron chi connectivity index (χ0n) is 62.2. The topological polar surface area (TPSA) is 72.8 Å². The third-order valence-electron chi connectivity index (χ3n) is 17.9. The van der Waals surface area contributed by atoms with Crippen LogP contribution in [-0.4, -0.2) is 36.4 Å². The molecule has 0 rings (SSSR count). The van der Waals surface area contributed by atoms with Crippen LogP contribution >= 0.6 is 0 Å². The minimum absolute atomic E-state index is 0.0719. The fourth-order valence-corrected chi connectivity index (χ4v) is 11.9. The second-order valence-corrected chi connectivity index (χ2v) is 27.1. The average Bonchev–Trinajstić information content (AvgIpc) is 3.65. The average molecular weight is 1300 g/mol. The first-order valence-corrected chi connectivity index (χ1v) is 40.7. The van der Waals surface area contributed by atoms with Gasteiger partial charge in [-0.3, -0.25) is 9.59 Å².